The average Bonchev–Trinajstić information content (AvgIpc) is 2.48. The second-order valence-electron chi connectivity index (χ2n) is 5.30. The van der Waals surface area contributed by atoms with Crippen LogP contribution in [-0.4, -0.2) is 18.2 Å². The number of carboxylic acids is 1. The molecule has 0 aliphatic heterocycles. The van der Waals surface area contributed by atoms with Crippen LogP contribution in [0.5, 0.6) is 5.75 Å². The third-order valence-electron chi connectivity index (χ3n) is 3.74. The first-order chi connectivity index (χ1) is 10.0. The molecule has 1 unspecified atom stereocenters. The van der Waals surface area contributed by atoms with Gasteiger partial charge in [-0.3, -0.25) is 4.79 Å². The molecule has 2 aromatic rings. The number of rotatable bonds is 5. The molecule has 1 N–H and O–H groups in total. The number of aliphatic carboxylic acids is 1. The predicted octanol–water partition coefficient (Wildman–Crippen LogP) is 3.72. The zero-order valence-electron chi connectivity index (χ0n) is 12.6. The number of aryl methyl sites for hydroxylation is 2. The van der Waals surface area contributed by atoms with Crippen molar-refractivity contribution in [3.8, 4) is 5.75 Å². The molecule has 0 amide bonds. The Morgan fingerprint density at radius 1 is 1.14 bits per heavy atom. The second-order valence-corrected chi connectivity index (χ2v) is 5.30. The summed E-state index contributed by atoms with van der Waals surface area (Å²) in [4.78, 5) is 11.6. The average molecular weight is 284 g/mol. The molecule has 110 valence electrons. The highest BCUT2D eigenvalue weighted by molar-refractivity contribution is 5.76. The van der Waals surface area contributed by atoms with Crippen LogP contribution in [-0.2, 0) is 11.2 Å². The third-order valence-corrected chi connectivity index (χ3v) is 3.74. The van der Waals surface area contributed by atoms with Gasteiger partial charge in [-0.25, -0.2) is 0 Å². The van der Waals surface area contributed by atoms with E-state index in [2.05, 4.69) is 6.07 Å². The summed E-state index contributed by atoms with van der Waals surface area (Å²) < 4.78 is 5.12. The molecule has 0 aromatic heterocycles. The summed E-state index contributed by atoms with van der Waals surface area (Å²) in [7, 11) is 1.60. The fourth-order valence-corrected chi connectivity index (χ4v) is 2.42. The van der Waals surface area contributed by atoms with Gasteiger partial charge >= 0.3 is 5.97 Å². The van der Waals surface area contributed by atoms with Crippen LogP contribution in [0, 0.1) is 13.8 Å². The summed E-state index contributed by atoms with van der Waals surface area (Å²) in [6.45, 7) is 4.04. The molecule has 21 heavy (non-hydrogen) atoms. The lowest BCUT2D eigenvalue weighted by Gasteiger charge is -2.15. The summed E-state index contributed by atoms with van der Waals surface area (Å²) in [5, 5.41) is 9.54. The van der Waals surface area contributed by atoms with Crippen molar-refractivity contribution in [2.45, 2.75) is 26.2 Å². The molecule has 0 radical (unpaired) electrons. The van der Waals surface area contributed by atoms with Crippen LogP contribution in [0.2, 0.25) is 0 Å². The molecule has 0 saturated carbocycles. The van der Waals surface area contributed by atoms with Crippen molar-refractivity contribution in [1.29, 1.82) is 0 Å². The van der Waals surface area contributed by atoms with Crippen molar-refractivity contribution >= 4 is 5.97 Å². The van der Waals surface area contributed by atoms with Gasteiger partial charge in [0.25, 0.3) is 0 Å². The van der Waals surface area contributed by atoms with Gasteiger partial charge < -0.3 is 9.84 Å². The molecular formula is C18H20O3. The topological polar surface area (TPSA) is 46.5 Å². The molecule has 2 rings (SSSR count). The SMILES string of the molecule is COc1ccc(C(Cc2cc(C)ccc2C)C(=O)O)cc1. The van der Waals surface area contributed by atoms with Gasteiger partial charge in [-0.1, -0.05) is 35.9 Å². The molecule has 0 fully saturated rings. The van der Waals surface area contributed by atoms with E-state index >= 15 is 0 Å². The van der Waals surface area contributed by atoms with E-state index in [-0.39, 0.29) is 0 Å². The summed E-state index contributed by atoms with van der Waals surface area (Å²) in [6.07, 6.45) is 0.495. The lowest BCUT2D eigenvalue weighted by Crippen LogP contribution is -2.15. The van der Waals surface area contributed by atoms with Crippen LogP contribution in [0.3, 0.4) is 0 Å². The first-order valence-electron chi connectivity index (χ1n) is 6.94. The number of carbonyl (C=O) groups is 1. The Morgan fingerprint density at radius 3 is 2.38 bits per heavy atom. The van der Waals surface area contributed by atoms with Crippen LogP contribution in [0.4, 0.5) is 0 Å². The molecule has 2 aromatic carbocycles. The minimum atomic E-state index is -0.805. The molecule has 0 heterocycles. The first kappa shape index (κ1) is 15.1. The largest absolute Gasteiger partial charge is 0.497 e. The van der Waals surface area contributed by atoms with Crippen molar-refractivity contribution in [2.24, 2.45) is 0 Å². The molecule has 1 atom stereocenters. The molecule has 3 nitrogen and oxygen atoms in total. The fourth-order valence-electron chi connectivity index (χ4n) is 2.42. The number of hydrogen-bond acceptors (Lipinski definition) is 2. The molecular weight excluding hydrogens is 264 g/mol. The molecule has 0 aliphatic carbocycles. The second kappa shape index (κ2) is 6.44. The highest BCUT2D eigenvalue weighted by Crippen LogP contribution is 2.25. The van der Waals surface area contributed by atoms with Gasteiger partial charge in [-0.2, -0.15) is 0 Å². The van der Waals surface area contributed by atoms with Crippen LogP contribution in [0.25, 0.3) is 0 Å². The zero-order valence-corrected chi connectivity index (χ0v) is 12.6. The summed E-state index contributed by atoms with van der Waals surface area (Å²) in [5.41, 5.74) is 4.15. The lowest BCUT2D eigenvalue weighted by molar-refractivity contribution is -0.138. The van der Waals surface area contributed by atoms with Gasteiger partial charge in [0.1, 0.15) is 5.75 Å². The van der Waals surface area contributed by atoms with Crippen molar-refractivity contribution in [1.82, 2.24) is 0 Å². The van der Waals surface area contributed by atoms with Crippen molar-refractivity contribution < 1.29 is 14.6 Å². The highest BCUT2D eigenvalue weighted by atomic mass is 16.5. The smallest absolute Gasteiger partial charge is 0.311 e. The Hall–Kier alpha value is -2.29. The van der Waals surface area contributed by atoms with E-state index in [4.69, 9.17) is 4.74 Å². The van der Waals surface area contributed by atoms with Crippen LogP contribution < -0.4 is 4.74 Å². The van der Waals surface area contributed by atoms with Gasteiger partial charge in [0.15, 0.2) is 0 Å². The Bertz CT molecular complexity index is 629. The monoisotopic (exact) mass is 284 g/mol. The predicted molar refractivity (Wildman–Crippen MR) is 83.0 cm³/mol. The maximum atomic E-state index is 11.6. The van der Waals surface area contributed by atoms with E-state index in [0.717, 1.165) is 28.0 Å². The number of ether oxygens (including phenoxy) is 1. The van der Waals surface area contributed by atoms with E-state index in [9.17, 15) is 9.90 Å². The van der Waals surface area contributed by atoms with Crippen molar-refractivity contribution in [3.05, 3.63) is 64.7 Å². The minimum Gasteiger partial charge on any atom is -0.497 e. The standard InChI is InChI=1S/C18H20O3/c1-12-4-5-13(2)15(10-12)11-17(18(19)20)14-6-8-16(21-3)9-7-14/h4-10,17H,11H2,1-3H3,(H,19,20). The molecule has 0 bridgehead atoms. The van der Waals surface area contributed by atoms with Gasteiger partial charge in [-0.15, -0.1) is 0 Å². The van der Waals surface area contributed by atoms with E-state index in [0.29, 0.717) is 6.42 Å². The number of methoxy groups -OCH3 is 1. The molecule has 3 heteroatoms. The normalized spacial score (nSPS) is 12.0. The van der Waals surface area contributed by atoms with Crippen LogP contribution >= 0.6 is 0 Å². The molecule has 0 saturated heterocycles. The van der Waals surface area contributed by atoms with Gasteiger partial charge in [0.05, 0.1) is 13.0 Å². The first-order valence-corrected chi connectivity index (χ1v) is 6.94. The van der Waals surface area contributed by atoms with E-state index in [1.165, 1.54) is 0 Å². The minimum absolute atomic E-state index is 0.495. The maximum absolute atomic E-state index is 11.6. The Morgan fingerprint density at radius 2 is 1.81 bits per heavy atom. The number of carboxylic acid groups (broad SMARTS) is 1. The maximum Gasteiger partial charge on any atom is 0.311 e. The summed E-state index contributed by atoms with van der Waals surface area (Å²) in [5.74, 6) is -0.618. The number of benzene rings is 2. The zero-order chi connectivity index (χ0) is 15.4. The fraction of sp³-hybridized carbons (Fsp3) is 0.278. The van der Waals surface area contributed by atoms with Crippen LogP contribution in [0.1, 0.15) is 28.2 Å². The van der Waals surface area contributed by atoms with Gasteiger partial charge in [0, 0.05) is 0 Å². The summed E-state index contributed by atoms with van der Waals surface area (Å²) >= 11 is 0. The highest BCUT2D eigenvalue weighted by Gasteiger charge is 2.21. The van der Waals surface area contributed by atoms with E-state index in [1.54, 1.807) is 19.2 Å². The Balaban J connectivity index is 2.30. The van der Waals surface area contributed by atoms with Gasteiger partial charge in [0.2, 0.25) is 0 Å². The Labute approximate surface area is 125 Å². The lowest BCUT2D eigenvalue weighted by atomic mass is 9.89. The van der Waals surface area contributed by atoms with Crippen molar-refractivity contribution in [2.75, 3.05) is 7.11 Å². The van der Waals surface area contributed by atoms with Crippen molar-refractivity contribution in [3.63, 3.8) is 0 Å². The number of hydrogen-bond donors (Lipinski definition) is 1. The quantitative estimate of drug-likeness (QED) is 0.910. The Kier molecular flexibility index (Phi) is 4.63. The van der Waals surface area contributed by atoms with Crippen LogP contribution in [0.15, 0.2) is 42.5 Å². The molecule has 0 aliphatic rings. The van der Waals surface area contributed by atoms with Gasteiger partial charge in [-0.05, 0) is 49.1 Å². The van der Waals surface area contributed by atoms with E-state index < -0.39 is 11.9 Å². The van der Waals surface area contributed by atoms with E-state index in [1.807, 2.05) is 38.1 Å². The summed E-state index contributed by atoms with van der Waals surface area (Å²) in [6, 6.07) is 13.4. The molecule has 0 spiro atoms. The third kappa shape index (κ3) is 3.63.